The molecule has 0 fully saturated rings. The zero-order valence-corrected chi connectivity index (χ0v) is 16.1. The van der Waals surface area contributed by atoms with E-state index in [0.29, 0.717) is 22.2 Å². The summed E-state index contributed by atoms with van der Waals surface area (Å²) in [4.78, 5) is 26.4. The summed E-state index contributed by atoms with van der Waals surface area (Å²) in [5.74, 6) is -0.656. The number of hydrogen-bond donors (Lipinski definition) is 2. The number of likely N-dealkylation sites (N-methyl/N-ethyl adjacent to an activating group) is 1. The number of nitrogens with one attached hydrogen (secondary N) is 2. The predicted octanol–water partition coefficient (Wildman–Crippen LogP) is 3.14. The third kappa shape index (κ3) is 6.02. The van der Waals surface area contributed by atoms with Crippen molar-refractivity contribution in [1.82, 2.24) is 15.5 Å². The first-order valence-corrected chi connectivity index (χ1v) is 8.84. The first-order chi connectivity index (χ1) is 12.4. The summed E-state index contributed by atoms with van der Waals surface area (Å²) in [5, 5.41) is 6.20. The summed E-state index contributed by atoms with van der Waals surface area (Å²) in [6.07, 6.45) is 0. The minimum Gasteiger partial charge on any atom is -0.346 e. The molecular formula is C19H21Cl2N3O2. The Morgan fingerprint density at radius 3 is 2.35 bits per heavy atom. The smallest absolute Gasteiger partial charge is 0.251 e. The van der Waals surface area contributed by atoms with Crippen LogP contribution in [0.15, 0.2) is 48.5 Å². The summed E-state index contributed by atoms with van der Waals surface area (Å²) in [6, 6.07) is 14.1. The second-order valence-corrected chi connectivity index (χ2v) is 6.92. The molecule has 0 unspecified atom stereocenters. The summed E-state index contributed by atoms with van der Waals surface area (Å²) in [6.45, 7) is 0.520. The number of nitrogens with zero attached hydrogens (tertiary/aromatic N) is 1. The van der Waals surface area contributed by atoms with Crippen LogP contribution in [0.25, 0.3) is 0 Å². The average molecular weight is 394 g/mol. The Labute approximate surface area is 163 Å². The monoisotopic (exact) mass is 393 g/mol. The molecule has 0 aliphatic carbocycles. The van der Waals surface area contributed by atoms with Crippen LogP contribution in [-0.2, 0) is 4.79 Å². The zero-order valence-electron chi connectivity index (χ0n) is 14.6. The minimum atomic E-state index is -0.386. The molecule has 2 aromatic rings. The lowest BCUT2D eigenvalue weighted by atomic mass is 10.1. The molecule has 2 aromatic carbocycles. The molecule has 1 atom stereocenters. The van der Waals surface area contributed by atoms with E-state index in [1.165, 1.54) is 6.07 Å². The molecule has 0 saturated carbocycles. The van der Waals surface area contributed by atoms with Crippen LogP contribution in [0, 0.1) is 0 Å². The van der Waals surface area contributed by atoms with Gasteiger partial charge in [-0.25, -0.2) is 0 Å². The molecule has 0 heterocycles. The van der Waals surface area contributed by atoms with Gasteiger partial charge >= 0.3 is 0 Å². The number of carbonyl (C=O) groups excluding carboxylic acids is 2. The molecule has 0 bridgehead atoms. The van der Waals surface area contributed by atoms with Gasteiger partial charge in [0.05, 0.1) is 22.6 Å². The number of carbonyl (C=O) groups is 2. The van der Waals surface area contributed by atoms with Crippen molar-refractivity contribution in [1.29, 1.82) is 0 Å². The third-order valence-electron chi connectivity index (χ3n) is 3.68. The second kappa shape index (κ2) is 9.57. The fourth-order valence-corrected chi connectivity index (χ4v) is 2.73. The molecule has 26 heavy (non-hydrogen) atoms. The predicted molar refractivity (Wildman–Crippen MR) is 105 cm³/mol. The topological polar surface area (TPSA) is 61.4 Å². The van der Waals surface area contributed by atoms with Crippen molar-refractivity contribution in [3.63, 3.8) is 0 Å². The normalized spacial score (nSPS) is 11.9. The molecule has 0 aliphatic heterocycles. The molecule has 0 aliphatic rings. The highest BCUT2D eigenvalue weighted by Crippen LogP contribution is 2.22. The molecule has 2 amide bonds. The maximum absolute atomic E-state index is 12.3. The lowest BCUT2D eigenvalue weighted by Crippen LogP contribution is -2.41. The van der Waals surface area contributed by atoms with Crippen LogP contribution < -0.4 is 10.6 Å². The highest BCUT2D eigenvalue weighted by molar-refractivity contribution is 6.42. The Kier molecular flexibility index (Phi) is 7.45. The van der Waals surface area contributed by atoms with Gasteiger partial charge in [0.1, 0.15) is 0 Å². The van der Waals surface area contributed by atoms with Crippen molar-refractivity contribution in [3.05, 3.63) is 69.7 Å². The fraction of sp³-hybridized carbons (Fsp3) is 0.263. The first kappa shape index (κ1) is 20.2. The maximum atomic E-state index is 12.3. The lowest BCUT2D eigenvalue weighted by Gasteiger charge is -2.23. The van der Waals surface area contributed by atoms with E-state index in [4.69, 9.17) is 23.2 Å². The summed E-state index contributed by atoms with van der Waals surface area (Å²) in [5.41, 5.74) is 1.35. The van der Waals surface area contributed by atoms with Gasteiger partial charge in [0, 0.05) is 12.1 Å². The maximum Gasteiger partial charge on any atom is 0.251 e. The van der Waals surface area contributed by atoms with Crippen molar-refractivity contribution < 1.29 is 9.59 Å². The van der Waals surface area contributed by atoms with Crippen LogP contribution in [0.2, 0.25) is 10.0 Å². The average Bonchev–Trinajstić information content (AvgIpc) is 2.62. The van der Waals surface area contributed by atoms with Gasteiger partial charge in [-0.15, -0.1) is 0 Å². The van der Waals surface area contributed by atoms with E-state index in [2.05, 4.69) is 10.6 Å². The van der Waals surface area contributed by atoms with Gasteiger partial charge in [-0.1, -0.05) is 53.5 Å². The van der Waals surface area contributed by atoms with E-state index in [1.807, 2.05) is 49.3 Å². The molecule has 0 aromatic heterocycles. The van der Waals surface area contributed by atoms with Crippen molar-refractivity contribution in [2.24, 2.45) is 0 Å². The zero-order chi connectivity index (χ0) is 19.1. The molecule has 138 valence electrons. The lowest BCUT2D eigenvalue weighted by molar-refractivity contribution is -0.121. The van der Waals surface area contributed by atoms with Gasteiger partial charge in [0.2, 0.25) is 5.91 Å². The Balaban J connectivity index is 1.95. The molecule has 7 heteroatoms. The summed E-state index contributed by atoms with van der Waals surface area (Å²) in [7, 11) is 3.88. The van der Waals surface area contributed by atoms with E-state index in [1.54, 1.807) is 12.1 Å². The van der Waals surface area contributed by atoms with Crippen LogP contribution in [-0.4, -0.2) is 43.9 Å². The van der Waals surface area contributed by atoms with Gasteiger partial charge < -0.3 is 15.5 Å². The van der Waals surface area contributed by atoms with E-state index >= 15 is 0 Å². The fourth-order valence-electron chi connectivity index (χ4n) is 2.43. The quantitative estimate of drug-likeness (QED) is 0.759. The van der Waals surface area contributed by atoms with Gasteiger partial charge in [-0.2, -0.15) is 0 Å². The number of hydrogen-bond acceptors (Lipinski definition) is 3. The van der Waals surface area contributed by atoms with E-state index in [-0.39, 0.29) is 24.4 Å². The highest BCUT2D eigenvalue weighted by Gasteiger charge is 2.16. The molecule has 0 radical (unpaired) electrons. The molecule has 0 spiro atoms. The number of benzene rings is 2. The number of halogens is 2. The first-order valence-electron chi connectivity index (χ1n) is 8.09. The Morgan fingerprint density at radius 2 is 1.73 bits per heavy atom. The van der Waals surface area contributed by atoms with E-state index in [0.717, 1.165) is 5.56 Å². The van der Waals surface area contributed by atoms with Crippen LogP contribution in [0.5, 0.6) is 0 Å². The SMILES string of the molecule is CN(C)C[C@@H](NC(=O)CNC(=O)c1ccc(Cl)c(Cl)c1)c1ccccc1. The van der Waals surface area contributed by atoms with Gasteiger partial charge in [-0.05, 0) is 37.9 Å². The minimum absolute atomic E-state index is 0.129. The molecule has 2 rings (SSSR count). The van der Waals surface area contributed by atoms with Crippen molar-refractivity contribution in [3.8, 4) is 0 Å². The number of amides is 2. The van der Waals surface area contributed by atoms with Gasteiger partial charge in [0.15, 0.2) is 0 Å². The summed E-state index contributed by atoms with van der Waals surface area (Å²) < 4.78 is 0. The molecule has 2 N–H and O–H groups in total. The highest BCUT2D eigenvalue weighted by atomic mass is 35.5. The third-order valence-corrected chi connectivity index (χ3v) is 4.42. The Morgan fingerprint density at radius 1 is 1.04 bits per heavy atom. The van der Waals surface area contributed by atoms with Crippen LogP contribution >= 0.6 is 23.2 Å². The van der Waals surface area contributed by atoms with Crippen molar-refractivity contribution >= 4 is 35.0 Å². The van der Waals surface area contributed by atoms with Crippen molar-refractivity contribution in [2.75, 3.05) is 27.2 Å². The Bertz CT molecular complexity index is 767. The molecule has 5 nitrogen and oxygen atoms in total. The molecular weight excluding hydrogens is 373 g/mol. The largest absolute Gasteiger partial charge is 0.346 e. The van der Waals surface area contributed by atoms with Gasteiger partial charge in [-0.3, -0.25) is 9.59 Å². The van der Waals surface area contributed by atoms with Crippen LogP contribution in [0.1, 0.15) is 22.0 Å². The van der Waals surface area contributed by atoms with Crippen LogP contribution in [0.4, 0.5) is 0 Å². The molecule has 0 saturated heterocycles. The van der Waals surface area contributed by atoms with Gasteiger partial charge in [0.25, 0.3) is 5.91 Å². The van der Waals surface area contributed by atoms with E-state index in [9.17, 15) is 9.59 Å². The van der Waals surface area contributed by atoms with Crippen LogP contribution in [0.3, 0.4) is 0 Å². The number of rotatable bonds is 7. The standard InChI is InChI=1S/C19H21Cl2N3O2/c1-24(2)12-17(13-6-4-3-5-7-13)23-18(25)11-22-19(26)14-8-9-15(20)16(21)10-14/h3-10,17H,11-12H2,1-2H3,(H,22,26)(H,23,25)/t17-/m1/s1. The second-order valence-electron chi connectivity index (χ2n) is 6.10. The summed E-state index contributed by atoms with van der Waals surface area (Å²) >= 11 is 11.7. The van der Waals surface area contributed by atoms with Crippen molar-refractivity contribution in [2.45, 2.75) is 6.04 Å². The Hall–Kier alpha value is -2.08. The van der Waals surface area contributed by atoms with E-state index < -0.39 is 0 Å².